The van der Waals surface area contributed by atoms with Gasteiger partial charge in [-0.05, 0) is 123 Å². The van der Waals surface area contributed by atoms with Gasteiger partial charge in [0.05, 0.1) is 0 Å². The molecular weight excluding hydrogens is 709 g/mol. The summed E-state index contributed by atoms with van der Waals surface area (Å²) in [7, 11) is 0. The van der Waals surface area contributed by atoms with Crippen LogP contribution in [0.3, 0.4) is 0 Å². The van der Waals surface area contributed by atoms with Gasteiger partial charge in [0.1, 0.15) is 0 Å². The van der Waals surface area contributed by atoms with E-state index in [1.54, 1.807) is 5.57 Å². The predicted molar refractivity (Wildman–Crippen MR) is 249 cm³/mol. The summed E-state index contributed by atoms with van der Waals surface area (Å²) in [6.45, 7) is 2.24. The van der Waals surface area contributed by atoms with Crippen LogP contribution < -0.4 is 0 Å². The molecule has 0 aliphatic heterocycles. The fourth-order valence-electron chi connectivity index (χ4n) is 10.6. The van der Waals surface area contributed by atoms with Gasteiger partial charge in [-0.15, -0.1) is 0 Å². The minimum Gasteiger partial charge on any atom is -0.0830 e. The van der Waals surface area contributed by atoms with Crippen molar-refractivity contribution in [3.8, 4) is 33.4 Å². The van der Waals surface area contributed by atoms with Crippen molar-refractivity contribution in [2.24, 2.45) is 11.8 Å². The Hall–Kier alpha value is -6.24. The van der Waals surface area contributed by atoms with E-state index in [1.807, 2.05) is 0 Å². The highest BCUT2D eigenvalue weighted by Gasteiger charge is 2.35. The topological polar surface area (TPSA) is 0 Å². The van der Waals surface area contributed by atoms with Crippen LogP contribution >= 0.6 is 0 Å². The van der Waals surface area contributed by atoms with Gasteiger partial charge in [-0.25, -0.2) is 0 Å². The molecule has 0 aromatic heterocycles. The molecule has 7 aliphatic carbocycles. The molecule has 7 aliphatic rings. The fourth-order valence-corrected chi connectivity index (χ4v) is 10.6. The minimum atomic E-state index is 0.281. The van der Waals surface area contributed by atoms with E-state index in [-0.39, 0.29) is 11.8 Å². The number of fused-ring (bicyclic) bond motifs is 7. The quantitative estimate of drug-likeness (QED) is 0.184. The van der Waals surface area contributed by atoms with Crippen molar-refractivity contribution in [2.75, 3.05) is 0 Å². The van der Waals surface area contributed by atoms with Gasteiger partial charge in [0, 0.05) is 23.7 Å². The van der Waals surface area contributed by atoms with Crippen LogP contribution in [0.2, 0.25) is 0 Å². The fraction of sp³-hybridized carbons (Fsp3) is 0.186. The highest BCUT2D eigenvalue weighted by atomic mass is 14.4. The molecule has 0 heteroatoms. The van der Waals surface area contributed by atoms with Gasteiger partial charge in [-0.1, -0.05) is 205 Å². The number of rotatable bonds is 6. The molecule has 4 aromatic rings. The Balaban J connectivity index is 0.993. The van der Waals surface area contributed by atoms with E-state index >= 15 is 0 Å². The molecule has 11 rings (SSSR count). The van der Waals surface area contributed by atoms with Crippen molar-refractivity contribution in [3.63, 3.8) is 0 Å². The monoisotopic (exact) mass is 758 g/mol. The average Bonchev–Trinajstić information content (AvgIpc) is 3.60. The number of hydrogen-bond acceptors (Lipinski definition) is 0. The smallest absolute Gasteiger partial charge is 0.0137 e. The van der Waals surface area contributed by atoms with Crippen molar-refractivity contribution in [1.82, 2.24) is 0 Å². The second-order valence-corrected chi connectivity index (χ2v) is 17.5. The zero-order valence-corrected chi connectivity index (χ0v) is 33.9. The maximum Gasteiger partial charge on any atom is 0.0137 e. The Labute approximate surface area is 350 Å². The molecule has 5 atom stereocenters. The third-order valence-electron chi connectivity index (χ3n) is 13.9. The summed E-state index contributed by atoms with van der Waals surface area (Å²) < 4.78 is 0. The summed E-state index contributed by atoms with van der Waals surface area (Å²) in [5, 5.41) is 0. The van der Waals surface area contributed by atoms with Crippen LogP contribution in [0.4, 0.5) is 0 Å². The average molecular weight is 759 g/mol. The normalized spacial score (nSPS) is 24.9. The number of allylic oxidation sites excluding steroid dienone is 24. The predicted octanol–water partition coefficient (Wildman–Crippen LogP) is 15.5. The molecule has 59 heavy (non-hydrogen) atoms. The molecule has 1 saturated carbocycles. The first-order valence-corrected chi connectivity index (χ1v) is 21.9. The van der Waals surface area contributed by atoms with E-state index in [9.17, 15) is 0 Å². The molecule has 4 aromatic carbocycles. The molecular formula is C59H50. The highest BCUT2D eigenvalue weighted by Crippen LogP contribution is 2.55. The summed E-state index contributed by atoms with van der Waals surface area (Å²) in [6, 6.07) is 34.4. The van der Waals surface area contributed by atoms with E-state index in [1.165, 1.54) is 96.4 Å². The van der Waals surface area contributed by atoms with Crippen LogP contribution in [-0.4, -0.2) is 0 Å². The minimum absolute atomic E-state index is 0.281. The summed E-state index contributed by atoms with van der Waals surface area (Å²) in [5.41, 5.74) is 22.1. The first kappa shape index (κ1) is 35.9. The van der Waals surface area contributed by atoms with Crippen molar-refractivity contribution < 1.29 is 0 Å². The van der Waals surface area contributed by atoms with Crippen molar-refractivity contribution in [1.29, 1.82) is 0 Å². The summed E-state index contributed by atoms with van der Waals surface area (Å²) in [6.07, 6.45) is 46.3. The van der Waals surface area contributed by atoms with Crippen LogP contribution in [-0.2, 0) is 0 Å². The van der Waals surface area contributed by atoms with Crippen LogP contribution in [0, 0.1) is 11.8 Å². The van der Waals surface area contributed by atoms with E-state index in [0.29, 0.717) is 17.8 Å². The summed E-state index contributed by atoms with van der Waals surface area (Å²) in [4.78, 5) is 0. The first-order chi connectivity index (χ1) is 29.1. The number of hydrogen-bond donors (Lipinski definition) is 0. The van der Waals surface area contributed by atoms with Crippen LogP contribution in [0.15, 0.2) is 233 Å². The standard InChI is InChI=1S/C59H50/c1-39-12-9-15-40(25-24-39)49-36-50(43-30-28-41-26-27-42(41)29-31-43)38-51(37-49)47-18-10-16-45(34-47)46-17-11-19-48(35-46)53-33-32-52(44-13-3-2-4-14-44)58-56-22-7-5-20-54(56)55-21-6-8-23-57(55)59(53)58/h2-11,13-15,17-25,28-35,37-38,41,45,49,54,56H,12,16,26-27,36H2,1H3. The molecule has 286 valence electrons. The Bertz CT molecular complexity index is 2750. The zero-order valence-electron chi connectivity index (χ0n) is 33.9. The molecule has 0 saturated heterocycles. The largest absolute Gasteiger partial charge is 0.0830 e. The molecule has 0 bridgehead atoms. The van der Waals surface area contributed by atoms with E-state index in [2.05, 4.69) is 201 Å². The first-order valence-electron chi connectivity index (χ1n) is 21.9. The molecule has 0 radical (unpaired) electrons. The van der Waals surface area contributed by atoms with Gasteiger partial charge in [0.2, 0.25) is 0 Å². The van der Waals surface area contributed by atoms with Gasteiger partial charge in [0.25, 0.3) is 0 Å². The maximum absolute atomic E-state index is 2.55. The van der Waals surface area contributed by atoms with Gasteiger partial charge >= 0.3 is 0 Å². The molecule has 0 spiro atoms. The lowest BCUT2D eigenvalue weighted by molar-refractivity contribution is 0.534. The third kappa shape index (κ3) is 6.66. The van der Waals surface area contributed by atoms with Gasteiger partial charge in [-0.3, -0.25) is 0 Å². The maximum atomic E-state index is 2.55. The lowest BCUT2D eigenvalue weighted by Crippen LogP contribution is -2.18. The SMILES string of the molecule is CC1=CC=C(C2C=C(C3=CC(c4cccc(-c5ccc(-c6ccccc6)c6c5-c5ccccc5C5C=CC=CC65)c4)CC=C3)C=C(C3=CC=C4CCC4C=C3)C2)C=CC1. The molecule has 1 fully saturated rings. The molecule has 0 amide bonds. The molecule has 0 N–H and O–H groups in total. The highest BCUT2D eigenvalue weighted by molar-refractivity contribution is 5.94. The molecule has 5 unspecified atom stereocenters. The van der Waals surface area contributed by atoms with E-state index in [4.69, 9.17) is 0 Å². The Kier molecular flexibility index (Phi) is 9.23. The van der Waals surface area contributed by atoms with E-state index in [0.717, 1.165) is 19.3 Å². The van der Waals surface area contributed by atoms with Gasteiger partial charge in [-0.2, -0.15) is 0 Å². The van der Waals surface area contributed by atoms with Crippen molar-refractivity contribution in [2.45, 2.75) is 56.8 Å². The lowest BCUT2D eigenvalue weighted by atomic mass is 9.66. The van der Waals surface area contributed by atoms with Crippen LogP contribution in [0.1, 0.15) is 73.5 Å². The lowest BCUT2D eigenvalue weighted by Gasteiger charge is -2.36. The Morgan fingerprint density at radius 3 is 2.31 bits per heavy atom. The Morgan fingerprint density at radius 2 is 1.41 bits per heavy atom. The van der Waals surface area contributed by atoms with Crippen molar-refractivity contribution >= 4 is 0 Å². The number of benzene rings is 4. The van der Waals surface area contributed by atoms with E-state index < -0.39 is 0 Å². The summed E-state index contributed by atoms with van der Waals surface area (Å²) >= 11 is 0. The summed E-state index contributed by atoms with van der Waals surface area (Å²) in [5.74, 6) is 1.84. The van der Waals surface area contributed by atoms with Gasteiger partial charge < -0.3 is 0 Å². The van der Waals surface area contributed by atoms with Crippen LogP contribution in [0.25, 0.3) is 33.4 Å². The van der Waals surface area contributed by atoms with Crippen molar-refractivity contribution in [3.05, 3.63) is 250 Å². The second kappa shape index (κ2) is 15.2. The zero-order chi connectivity index (χ0) is 39.3. The third-order valence-corrected chi connectivity index (χ3v) is 13.9. The molecule has 0 nitrogen and oxygen atoms in total. The Morgan fingerprint density at radius 1 is 0.576 bits per heavy atom. The second-order valence-electron chi connectivity index (χ2n) is 17.5. The van der Waals surface area contributed by atoms with Crippen LogP contribution in [0.5, 0.6) is 0 Å². The molecule has 0 heterocycles. The van der Waals surface area contributed by atoms with Gasteiger partial charge in [0.15, 0.2) is 0 Å².